The van der Waals surface area contributed by atoms with Gasteiger partial charge >= 0.3 is 6.09 Å². The highest BCUT2D eigenvalue weighted by molar-refractivity contribution is 5.67. The topological polar surface area (TPSA) is 41.6 Å². The molecule has 0 atom stereocenters. The smallest absolute Gasteiger partial charge is 0.409 e. The molecule has 1 heterocycles. The van der Waals surface area contributed by atoms with Crippen LogP contribution in [0.15, 0.2) is 0 Å². The summed E-state index contributed by atoms with van der Waals surface area (Å²) in [5, 5.41) is 3.82. The number of likely N-dealkylation sites (tertiary alicyclic amines) is 1. The Kier molecular flexibility index (Phi) is 6.14. The molecule has 0 unspecified atom stereocenters. The fraction of sp³-hybridized carbons (Fsp3) is 0.938. The van der Waals surface area contributed by atoms with E-state index in [0.29, 0.717) is 18.7 Å². The van der Waals surface area contributed by atoms with Crippen molar-refractivity contribution in [2.45, 2.75) is 70.9 Å². The van der Waals surface area contributed by atoms with Gasteiger partial charge in [-0.25, -0.2) is 4.79 Å². The van der Waals surface area contributed by atoms with E-state index in [1.807, 2.05) is 11.8 Å². The Hall–Kier alpha value is -0.770. The molecule has 4 nitrogen and oxygen atoms in total. The SMILES string of the molecule is CCOC(=O)N1CCC(NC2CCC(CC)CC2)CC1. The van der Waals surface area contributed by atoms with Gasteiger partial charge in [0.1, 0.15) is 0 Å². The Morgan fingerprint density at radius 1 is 1.05 bits per heavy atom. The number of nitrogens with zero attached hydrogens (tertiary/aromatic N) is 1. The largest absolute Gasteiger partial charge is 0.450 e. The lowest BCUT2D eigenvalue weighted by Crippen LogP contribution is -2.48. The highest BCUT2D eigenvalue weighted by Crippen LogP contribution is 2.27. The highest BCUT2D eigenvalue weighted by atomic mass is 16.6. The van der Waals surface area contributed by atoms with Crippen LogP contribution in [0.4, 0.5) is 4.79 Å². The maximum atomic E-state index is 11.6. The Morgan fingerprint density at radius 3 is 2.20 bits per heavy atom. The van der Waals surface area contributed by atoms with E-state index in [9.17, 15) is 4.79 Å². The van der Waals surface area contributed by atoms with Crippen LogP contribution >= 0.6 is 0 Å². The van der Waals surface area contributed by atoms with Crippen LogP contribution in [0.5, 0.6) is 0 Å². The average molecular weight is 282 g/mol. The lowest BCUT2D eigenvalue weighted by Gasteiger charge is -2.36. The predicted octanol–water partition coefficient (Wildman–Crippen LogP) is 3.17. The normalized spacial score (nSPS) is 28.4. The maximum absolute atomic E-state index is 11.6. The molecule has 0 spiro atoms. The van der Waals surface area contributed by atoms with Crippen LogP contribution in [0.25, 0.3) is 0 Å². The van der Waals surface area contributed by atoms with Gasteiger partial charge in [-0.2, -0.15) is 0 Å². The number of amides is 1. The summed E-state index contributed by atoms with van der Waals surface area (Å²) < 4.78 is 5.06. The van der Waals surface area contributed by atoms with Gasteiger partial charge in [0.25, 0.3) is 0 Å². The molecule has 0 aromatic carbocycles. The third-order valence-electron chi connectivity index (χ3n) is 4.92. The van der Waals surface area contributed by atoms with Crippen molar-refractivity contribution in [1.82, 2.24) is 10.2 Å². The molecule has 20 heavy (non-hydrogen) atoms. The first kappa shape index (κ1) is 15.6. The minimum absolute atomic E-state index is 0.144. The second-order valence-electron chi connectivity index (χ2n) is 6.25. The molecular formula is C16H30N2O2. The van der Waals surface area contributed by atoms with E-state index in [0.717, 1.165) is 31.8 Å². The molecule has 1 amide bonds. The molecule has 1 saturated carbocycles. The molecule has 2 rings (SSSR count). The first-order valence-corrected chi connectivity index (χ1v) is 8.40. The van der Waals surface area contributed by atoms with Crippen molar-refractivity contribution in [2.24, 2.45) is 5.92 Å². The monoisotopic (exact) mass is 282 g/mol. The van der Waals surface area contributed by atoms with Gasteiger partial charge in [-0.1, -0.05) is 13.3 Å². The van der Waals surface area contributed by atoms with Crippen LogP contribution in [-0.2, 0) is 4.74 Å². The molecule has 4 heteroatoms. The lowest BCUT2D eigenvalue weighted by molar-refractivity contribution is 0.0932. The summed E-state index contributed by atoms with van der Waals surface area (Å²) in [4.78, 5) is 13.5. The third-order valence-corrected chi connectivity index (χ3v) is 4.92. The number of rotatable bonds is 4. The summed E-state index contributed by atoms with van der Waals surface area (Å²) in [6.07, 6.45) is 8.75. The summed E-state index contributed by atoms with van der Waals surface area (Å²) in [6, 6.07) is 1.29. The van der Waals surface area contributed by atoms with Gasteiger partial charge in [-0.15, -0.1) is 0 Å². The van der Waals surface area contributed by atoms with Crippen molar-refractivity contribution in [3.8, 4) is 0 Å². The summed E-state index contributed by atoms with van der Waals surface area (Å²) in [7, 11) is 0. The van der Waals surface area contributed by atoms with Crippen LogP contribution in [0, 0.1) is 5.92 Å². The number of nitrogens with one attached hydrogen (secondary N) is 1. The Morgan fingerprint density at radius 2 is 1.65 bits per heavy atom. The fourth-order valence-corrected chi connectivity index (χ4v) is 3.51. The van der Waals surface area contributed by atoms with E-state index in [1.165, 1.54) is 32.1 Å². The molecule has 1 saturated heterocycles. The van der Waals surface area contributed by atoms with E-state index in [-0.39, 0.29) is 6.09 Å². The van der Waals surface area contributed by atoms with Crippen molar-refractivity contribution in [2.75, 3.05) is 19.7 Å². The van der Waals surface area contributed by atoms with Crippen molar-refractivity contribution < 1.29 is 9.53 Å². The Bertz CT molecular complexity index is 293. The number of ether oxygens (including phenoxy) is 1. The summed E-state index contributed by atoms with van der Waals surface area (Å²) in [6.45, 7) is 6.31. The number of hydrogen-bond acceptors (Lipinski definition) is 3. The number of piperidine rings is 1. The Balaban J connectivity index is 1.66. The molecule has 0 aromatic rings. The highest BCUT2D eigenvalue weighted by Gasteiger charge is 2.26. The third kappa shape index (κ3) is 4.37. The van der Waals surface area contributed by atoms with E-state index in [2.05, 4.69) is 12.2 Å². The van der Waals surface area contributed by atoms with Crippen LogP contribution in [0.1, 0.15) is 58.8 Å². The molecule has 116 valence electrons. The van der Waals surface area contributed by atoms with Gasteiger partial charge in [0, 0.05) is 25.2 Å². The van der Waals surface area contributed by atoms with Crippen molar-refractivity contribution in [1.29, 1.82) is 0 Å². The molecular weight excluding hydrogens is 252 g/mol. The molecule has 1 aliphatic heterocycles. The molecule has 2 aliphatic rings. The van der Waals surface area contributed by atoms with E-state index in [1.54, 1.807) is 0 Å². The lowest BCUT2D eigenvalue weighted by atomic mass is 9.84. The molecule has 0 bridgehead atoms. The van der Waals surface area contributed by atoms with Crippen LogP contribution in [0.2, 0.25) is 0 Å². The van der Waals surface area contributed by atoms with Crippen molar-refractivity contribution in [3.63, 3.8) is 0 Å². The zero-order valence-electron chi connectivity index (χ0n) is 13.1. The summed E-state index contributed by atoms with van der Waals surface area (Å²) in [5.41, 5.74) is 0. The molecule has 1 aliphatic carbocycles. The minimum Gasteiger partial charge on any atom is -0.450 e. The minimum atomic E-state index is -0.144. The second-order valence-corrected chi connectivity index (χ2v) is 6.25. The second kappa shape index (κ2) is 7.87. The van der Waals surface area contributed by atoms with E-state index < -0.39 is 0 Å². The maximum Gasteiger partial charge on any atom is 0.409 e. The first-order chi connectivity index (χ1) is 9.72. The van der Waals surface area contributed by atoms with Gasteiger partial charge in [0.05, 0.1) is 6.61 Å². The van der Waals surface area contributed by atoms with Crippen molar-refractivity contribution >= 4 is 6.09 Å². The standard InChI is InChI=1S/C16H30N2O2/c1-3-13-5-7-14(8-6-13)17-15-9-11-18(12-10-15)16(19)20-4-2/h13-15,17H,3-12H2,1-2H3. The van der Waals surface area contributed by atoms with Gasteiger partial charge in [-0.3, -0.25) is 0 Å². The quantitative estimate of drug-likeness (QED) is 0.861. The van der Waals surface area contributed by atoms with Gasteiger partial charge in [-0.05, 0) is 51.4 Å². The molecule has 1 N–H and O–H groups in total. The van der Waals surface area contributed by atoms with Crippen LogP contribution < -0.4 is 5.32 Å². The number of hydrogen-bond donors (Lipinski definition) is 1. The molecule has 2 fully saturated rings. The van der Waals surface area contributed by atoms with Crippen molar-refractivity contribution in [3.05, 3.63) is 0 Å². The van der Waals surface area contributed by atoms with Gasteiger partial charge < -0.3 is 15.0 Å². The zero-order valence-corrected chi connectivity index (χ0v) is 13.1. The fourth-order valence-electron chi connectivity index (χ4n) is 3.51. The van der Waals surface area contributed by atoms with Crippen LogP contribution in [0.3, 0.4) is 0 Å². The Labute approximate surface area is 123 Å². The van der Waals surface area contributed by atoms with Gasteiger partial charge in [0.15, 0.2) is 0 Å². The van der Waals surface area contributed by atoms with E-state index in [4.69, 9.17) is 4.74 Å². The molecule has 0 radical (unpaired) electrons. The van der Waals surface area contributed by atoms with Crippen LogP contribution in [-0.4, -0.2) is 42.8 Å². The molecule has 0 aromatic heterocycles. The number of carbonyl (C=O) groups is 1. The first-order valence-electron chi connectivity index (χ1n) is 8.40. The predicted molar refractivity (Wildman–Crippen MR) is 80.8 cm³/mol. The summed E-state index contributed by atoms with van der Waals surface area (Å²) >= 11 is 0. The zero-order chi connectivity index (χ0) is 14.4. The van der Waals surface area contributed by atoms with E-state index >= 15 is 0 Å². The number of carbonyl (C=O) groups excluding carboxylic acids is 1. The average Bonchev–Trinajstić information content (AvgIpc) is 2.49. The summed E-state index contributed by atoms with van der Waals surface area (Å²) in [5.74, 6) is 0.957. The van der Waals surface area contributed by atoms with Gasteiger partial charge in [0.2, 0.25) is 0 Å².